The van der Waals surface area contributed by atoms with Gasteiger partial charge in [0.05, 0.1) is 6.10 Å². The number of aromatic amines is 1. The van der Waals surface area contributed by atoms with E-state index in [9.17, 15) is 19.8 Å². The van der Waals surface area contributed by atoms with Crippen LogP contribution in [0.15, 0.2) is 30.5 Å². The molecule has 1 aliphatic heterocycles. The highest BCUT2D eigenvalue weighted by molar-refractivity contribution is 5.86. The molecule has 1 aromatic heterocycles. The van der Waals surface area contributed by atoms with Crippen molar-refractivity contribution in [3.63, 3.8) is 0 Å². The molecule has 2 heterocycles. The van der Waals surface area contributed by atoms with E-state index in [0.717, 1.165) is 16.5 Å². The molecule has 6 nitrogen and oxygen atoms in total. The minimum absolute atomic E-state index is 0.105. The molecule has 1 amide bonds. The van der Waals surface area contributed by atoms with Crippen molar-refractivity contribution < 1.29 is 19.8 Å². The molecule has 23 heavy (non-hydrogen) atoms. The van der Waals surface area contributed by atoms with Gasteiger partial charge in [0.25, 0.3) is 0 Å². The minimum Gasteiger partial charge on any atom is -0.480 e. The molecule has 0 radical (unpaired) electrons. The van der Waals surface area contributed by atoms with Crippen LogP contribution in [0.25, 0.3) is 10.9 Å². The third-order valence-electron chi connectivity index (χ3n) is 4.46. The molecular formula is C17H20N2O4. The summed E-state index contributed by atoms with van der Waals surface area (Å²) in [5.74, 6) is -1.22. The number of aliphatic hydroxyl groups is 1. The average Bonchev–Trinajstić information content (AvgIpc) is 2.95. The molecule has 0 unspecified atom stereocenters. The Morgan fingerprint density at radius 3 is 2.87 bits per heavy atom. The van der Waals surface area contributed by atoms with Gasteiger partial charge < -0.3 is 20.1 Å². The lowest BCUT2D eigenvalue weighted by Crippen LogP contribution is -2.51. The number of hydrogen-bond acceptors (Lipinski definition) is 3. The van der Waals surface area contributed by atoms with Gasteiger partial charge in [-0.05, 0) is 24.5 Å². The fraction of sp³-hybridized carbons (Fsp3) is 0.412. The van der Waals surface area contributed by atoms with E-state index in [1.807, 2.05) is 30.5 Å². The van der Waals surface area contributed by atoms with Crippen molar-refractivity contribution >= 4 is 22.8 Å². The van der Waals surface area contributed by atoms with Crippen LogP contribution in [-0.4, -0.2) is 50.7 Å². The van der Waals surface area contributed by atoms with Gasteiger partial charge in [0, 0.05) is 36.5 Å². The number of carboxylic acid groups (broad SMARTS) is 1. The van der Waals surface area contributed by atoms with Crippen LogP contribution in [-0.2, 0) is 16.0 Å². The van der Waals surface area contributed by atoms with Crippen molar-refractivity contribution in [1.82, 2.24) is 9.88 Å². The van der Waals surface area contributed by atoms with Crippen LogP contribution >= 0.6 is 0 Å². The molecule has 0 aliphatic carbocycles. The number of aliphatic carboxylic acids is 1. The molecule has 1 aromatic carbocycles. The van der Waals surface area contributed by atoms with E-state index in [1.165, 1.54) is 4.90 Å². The third-order valence-corrected chi connectivity index (χ3v) is 4.46. The molecule has 0 spiro atoms. The maximum Gasteiger partial charge on any atom is 0.326 e. The van der Waals surface area contributed by atoms with Gasteiger partial charge in [-0.3, -0.25) is 4.79 Å². The van der Waals surface area contributed by atoms with Crippen molar-refractivity contribution in [2.24, 2.45) is 0 Å². The fourth-order valence-electron chi connectivity index (χ4n) is 3.20. The minimum atomic E-state index is -1.05. The van der Waals surface area contributed by atoms with Gasteiger partial charge in [-0.2, -0.15) is 0 Å². The smallest absolute Gasteiger partial charge is 0.326 e. The second-order valence-corrected chi connectivity index (χ2v) is 5.98. The number of fused-ring (bicyclic) bond motifs is 1. The molecular weight excluding hydrogens is 296 g/mol. The summed E-state index contributed by atoms with van der Waals surface area (Å²) in [5, 5.41) is 20.0. The molecule has 0 bridgehead atoms. The Labute approximate surface area is 133 Å². The lowest BCUT2D eigenvalue weighted by atomic mass is 9.98. The van der Waals surface area contributed by atoms with Gasteiger partial charge in [0.15, 0.2) is 0 Å². The molecule has 3 N–H and O–H groups in total. The second-order valence-electron chi connectivity index (χ2n) is 5.98. The molecule has 2 aromatic rings. The zero-order valence-corrected chi connectivity index (χ0v) is 12.7. The number of rotatable bonds is 4. The number of carbonyl (C=O) groups excluding carboxylic acids is 1. The third kappa shape index (κ3) is 3.22. The molecule has 0 saturated carbocycles. The number of hydrogen-bond donors (Lipinski definition) is 3. The monoisotopic (exact) mass is 316 g/mol. The van der Waals surface area contributed by atoms with Crippen molar-refractivity contribution in [2.45, 2.75) is 37.8 Å². The van der Waals surface area contributed by atoms with E-state index in [-0.39, 0.29) is 18.7 Å². The van der Waals surface area contributed by atoms with Crippen LogP contribution in [0.3, 0.4) is 0 Å². The van der Waals surface area contributed by atoms with E-state index >= 15 is 0 Å². The van der Waals surface area contributed by atoms with E-state index in [2.05, 4.69) is 4.98 Å². The zero-order chi connectivity index (χ0) is 16.4. The summed E-state index contributed by atoms with van der Waals surface area (Å²) in [5.41, 5.74) is 2.08. The maximum atomic E-state index is 12.4. The summed E-state index contributed by atoms with van der Waals surface area (Å²) in [6.07, 6.45) is 2.62. The van der Waals surface area contributed by atoms with Gasteiger partial charge in [-0.15, -0.1) is 0 Å². The highest BCUT2D eigenvalue weighted by Gasteiger charge is 2.35. The number of piperidine rings is 1. The number of H-pyrrole nitrogens is 1. The Balaban J connectivity index is 1.67. The first-order valence-electron chi connectivity index (χ1n) is 7.81. The number of carbonyl (C=O) groups is 2. The summed E-state index contributed by atoms with van der Waals surface area (Å²) in [4.78, 5) is 28.3. The van der Waals surface area contributed by atoms with Gasteiger partial charge in [0.2, 0.25) is 5.91 Å². The molecule has 122 valence electrons. The lowest BCUT2D eigenvalue weighted by Gasteiger charge is -2.35. The number of benzene rings is 1. The summed E-state index contributed by atoms with van der Waals surface area (Å²) < 4.78 is 0. The number of nitrogens with zero attached hydrogens (tertiary/aromatic N) is 1. The van der Waals surface area contributed by atoms with Crippen LogP contribution in [0.4, 0.5) is 0 Å². The van der Waals surface area contributed by atoms with Gasteiger partial charge in [-0.25, -0.2) is 4.79 Å². The molecule has 6 heteroatoms. The predicted octanol–water partition coefficient (Wildman–Crippen LogP) is 1.54. The number of nitrogens with one attached hydrogen (secondary N) is 1. The van der Waals surface area contributed by atoms with Crippen LogP contribution in [0.1, 0.15) is 24.8 Å². The Morgan fingerprint density at radius 2 is 2.09 bits per heavy atom. The predicted molar refractivity (Wildman–Crippen MR) is 85.0 cm³/mol. The molecule has 1 saturated heterocycles. The van der Waals surface area contributed by atoms with E-state index in [4.69, 9.17) is 0 Å². The molecule has 3 rings (SSSR count). The first kappa shape index (κ1) is 15.6. The average molecular weight is 316 g/mol. The zero-order valence-electron chi connectivity index (χ0n) is 12.7. The molecule has 1 aliphatic rings. The van der Waals surface area contributed by atoms with Crippen LogP contribution < -0.4 is 0 Å². The number of carboxylic acids is 1. The van der Waals surface area contributed by atoms with E-state index < -0.39 is 18.1 Å². The summed E-state index contributed by atoms with van der Waals surface area (Å²) >= 11 is 0. The van der Waals surface area contributed by atoms with Crippen molar-refractivity contribution in [1.29, 1.82) is 0 Å². The lowest BCUT2D eigenvalue weighted by molar-refractivity contribution is -0.154. The largest absolute Gasteiger partial charge is 0.480 e. The fourth-order valence-corrected chi connectivity index (χ4v) is 3.20. The van der Waals surface area contributed by atoms with E-state index in [0.29, 0.717) is 19.4 Å². The van der Waals surface area contributed by atoms with Crippen LogP contribution in [0, 0.1) is 0 Å². The van der Waals surface area contributed by atoms with Crippen molar-refractivity contribution in [3.05, 3.63) is 36.0 Å². The Morgan fingerprint density at radius 1 is 1.30 bits per heavy atom. The summed E-state index contributed by atoms with van der Waals surface area (Å²) in [6.45, 7) is 0.296. The highest BCUT2D eigenvalue weighted by Crippen LogP contribution is 2.22. The van der Waals surface area contributed by atoms with Crippen molar-refractivity contribution in [2.75, 3.05) is 6.54 Å². The number of aromatic nitrogens is 1. The Bertz CT molecular complexity index is 724. The first-order chi connectivity index (χ1) is 11.1. The Kier molecular flexibility index (Phi) is 4.34. The number of amides is 1. The highest BCUT2D eigenvalue weighted by atomic mass is 16.4. The molecule has 2 atom stereocenters. The molecule has 1 fully saturated rings. The number of likely N-dealkylation sites (tertiary alicyclic amines) is 1. The Hall–Kier alpha value is -2.34. The summed E-state index contributed by atoms with van der Waals surface area (Å²) in [7, 11) is 0. The normalized spacial score (nSPS) is 21.5. The van der Waals surface area contributed by atoms with Crippen molar-refractivity contribution in [3.8, 4) is 0 Å². The standard InChI is InChI=1S/C17H20N2O4/c20-12-7-8-19(15(9-12)17(22)23)16(21)6-5-11-10-18-14-4-2-1-3-13(11)14/h1-4,10,12,15,18,20H,5-9H2,(H,22,23)/t12-,15+/m0/s1. The maximum absolute atomic E-state index is 12.4. The number of aryl methyl sites for hydroxylation is 1. The van der Waals surface area contributed by atoms with Crippen LogP contribution in [0.2, 0.25) is 0 Å². The van der Waals surface area contributed by atoms with Gasteiger partial charge in [0.1, 0.15) is 6.04 Å². The quantitative estimate of drug-likeness (QED) is 0.797. The summed E-state index contributed by atoms with van der Waals surface area (Å²) in [6, 6.07) is 6.96. The van der Waals surface area contributed by atoms with Gasteiger partial charge in [-0.1, -0.05) is 18.2 Å². The van der Waals surface area contributed by atoms with Crippen LogP contribution in [0.5, 0.6) is 0 Å². The number of para-hydroxylation sites is 1. The van der Waals surface area contributed by atoms with E-state index in [1.54, 1.807) is 0 Å². The first-order valence-corrected chi connectivity index (χ1v) is 7.81. The number of aliphatic hydroxyl groups excluding tert-OH is 1. The topological polar surface area (TPSA) is 93.6 Å². The van der Waals surface area contributed by atoms with Gasteiger partial charge >= 0.3 is 5.97 Å². The SMILES string of the molecule is O=C(O)[C@H]1C[C@@H](O)CCN1C(=O)CCc1c[nH]c2ccccc12. The second kappa shape index (κ2) is 6.42.